The normalized spacial score (nSPS) is 18.5. The van der Waals surface area contributed by atoms with Gasteiger partial charge in [-0.2, -0.15) is 5.10 Å². The monoisotopic (exact) mass is 365 g/mol. The molecule has 2 heterocycles. The quantitative estimate of drug-likeness (QED) is 0.847. The molecule has 142 valence electrons. The number of carbonyl (C=O) groups excluding carboxylic acids is 1. The highest BCUT2D eigenvalue weighted by atomic mass is 16.2. The number of hydrazone groups is 1. The third-order valence-electron chi connectivity index (χ3n) is 5.42. The van der Waals surface area contributed by atoms with Crippen LogP contribution < -0.4 is 10.3 Å². The molecule has 1 aromatic carbocycles. The number of nitrogens with zero attached hydrogens (tertiary/aromatic N) is 4. The average Bonchev–Trinajstić information content (AvgIpc) is 2.73. The van der Waals surface area contributed by atoms with Gasteiger partial charge in [-0.15, -0.1) is 0 Å². The molecule has 1 aromatic heterocycles. The summed E-state index contributed by atoms with van der Waals surface area (Å²) >= 11 is 0. The number of para-hydroxylation sites is 1. The molecule has 0 atom stereocenters. The summed E-state index contributed by atoms with van der Waals surface area (Å²) in [5.74, 6) is 1.01. The predicted octanol–water partition coefficient (Wildman–Crippen LogP) is 2.79. The minimum Gasteiger partial charge on any atom is -0.354 e. The molecule has 6 heteroatoms. The van der Waals surface area contributed by atoms with Crippen LogP contribution in [0.15, 0.2) is 41.5 Å². The van der Waals surface area contributed by atoms with E-state index >= 15 is 0 Å². The number of pyridine rings is 1. The van der Waals surface area contributed by atoms with Crippen LogP contribution in [-0.4, -0.2) is 54.2 Å². The van der Waals surface area contributed by atoms with Crippen molar-refractivity contribution in [2.75, 3.05) is 37.6 Å². The first-order valence-electron chi connectivity index (χ1n) is 9.95. The van der Waals surface area contributed by atoms with Gasteiger partial charge in [-0.25, -0.2) is 10.4 Å². The van der Waals surface area contributed by atoms with Gasteiger partial charge in [-0.3, -0.25) is 9.69 Å². The van der Waals surface area contributed by atoms with Crippen LogP contribution in [0.2, 0.25) is 0 Å². The Morgan fingerprint density at radius 2 is 1.78 bits per heavy atom. The van der Waals surface area contributed by atoms with Crippen LogP contribution in [0, 0.1) is 0 Å². The van der Waals surface area contributed by atoms with E-state index in [1.807, 2.05) is 18.2 Å². The highest BCUT2D eigenvalue weighted by Crippen LogP contribution is 2.19. The molecule has 0 spiro atoms. The molecule has 4 rings (SSSR count). The zero-order valence-corrected chi connectivity index (χ0v) is 15.7. The van der Waals surface area contributed by atoms with Crippen molar-refractivity contribution in [1.29, 1.82) is 0 Å². The molecule has 2 fully saturated rings. The molecule has 1 aliphatic carbocycles. The lowest BCUT2D eigenvalue weighted by Crippen LogP contribution is -2.49. The largest absolute Gasteiger partial charge is 0.354 e. The fraction of sp³-hybridized carbons (Fsp3) is 0.476. The summed E-state index contributed by atoms with van der Waals surface area (Å²) in [6.07, 6.45) is 5.72. The summed E-state index contributed by atoms with van der Waals surface area (Å²) in [5.41, 5.74) is 4.91. The lowest BCUT2D eigenvalue weighted by atomic mass is 9.99. The molecule has 0 unspecified atom stereocenters. The van der Waals surface area contributed by atoms with E-state index in [0.29, 0.717) is 6.54 Å². The smallest absolute Gasteiger partial charge is 0.254 e. The summed E-state index contributed by atoms with van der Waals surface area (Å²) in [6, 6.07) is 12.4. The van der Waals surface area contributed by atoms with Crippen molar-refractivity contribution in [3.63, 3.8) is 0 Å². The number of nitrogens with one attached hydrogen (secondary N) is 1. The van der Waals surface area contributed by atoms with Crippen LogP contribution in [0.3, 0.4) is 0 Å². The highest BCUT2D eigenvalue weighted by molar-refractivity contribution is 5.87. The minimum atomic E-state index is -0.00893. The van der Waals surface area contributed by atoms with Gasteiger partial charge in [-0.05, 0) is 43.9 Å². The average molecular weight is 365 g/mol. The number of aromatic nitrogens is 1. The van der Waals surface area contributed by atoms with E-state index in [-0.39, 0.29) is 5.91 Å². The lowest BCUT2D eigenvalue weighted by Gasteiger charge is -2.35. The van der Waals surface area contributed by atoms with Gasteiger partial charge in [-0.1, -0.05) is 24.6 Å². The van der Waals surface area contributed by atoms with Gasteiger partial charge in [0.2, 0.25) is 0 Å². The molecule has 2 aromatic rings. The second-order valence-corrected chi connectivity index (χ2v) is 7.40. The van der Waals surface area contributed by atoms with Gasteiger partial charge >= 0.3 is 0 Å². The van der Waals surface area contributed by atoms with E-state index in [0.717, 1.165) is 61.5 Å². The van der Waals surface area contributed by atoms with Crippen molar-refractivity contribution >= 4 is 28.3 Å². The Bertz CT molecular complexity index is 818. The molecular formula is C21H27N5O. The predicted molar refractivity (Wildman–Crippen MR) is 109 cm³/mol. The van der Waals surface area contributed by atoms with E-state index in [9.17, 15) is 4.79 Å². The van der Waals surface area contributed by atoms with Gasteiger partial charge in [0.25, 0.3) is 5.91 Å². The van der Waals surface area contributed by atoms with Crippen molar-refractivity contribution in [2.24, 2.45) is 5.10 Å². The summed E-state index contributed by atoms with van der Waals surface area (Å²) in [7, 11) is 0. The van der Waals surface area contributed by atoms with Crippen molar-refractivity contribution in [3.8, 4) is 0 Å². The Morgan fingerprint density at radius 1 is 1.00 bits per heavy atom. The molecule has 1 saturated heterocycles. The van der Waals surface area contributed by atoms with E-state index < -0.39 is 0 Å². The number of anilines is 1. The number of fused-ring (bicyclic) bond motifs is 1. The van der Waals surface area contributed by atoms with Crippen molar-refractivity contribution in [1.82, 2.24) is 15.3 Å². The number of hydrogen-bond donors (Lipinski definition) is 1. The first kappa shape index (κ1) is 17.9. The molecule has 2 aliphatic rings. The van der Waals surface area contributed by atoms with Gasteiger partial charge < -0.3 is 4.90 Å². The van der Waals surface area contributed by atoms with Crippen LogP contribution >= 0.6 is 0 Å². The van der Waals surface area contributed by atoms with Gasteiger partial charge in [0.1, 0.15) is 5.82 Å². The third kappa shape index (κ3) is 4.63. The van der Waals surface area contributed by atoms with Gasteiger partial charge in [0.05, 0.1) is 12.1 Å². The molecule has 1 amide bonds. The molecule has 27 heavy (non-hydrogen) atoms. The standard InChI is InChI=1S/C21H27N5O/c27-21(24-23-18-7-2-1-3-8-18)16-25-12-14-26(15-13-25)20-11-10-17-6-4-5-9-19(17)22-20/h4-6,9-11H,1-3,7-8,12-16H2,(H,24,27). The Hall–Kier alpha value is -2.47. The summed E-state index contributed by atoms with van der Waals surface area (Å²) in [6.45, 7) is 3.90. The van der Waals surface area contributed by atoms with Crippen LogP contribution in [0.1, 0.15) is 32.1 Å². The highest BCUT2D eigenvalue weighted by Gasteiger charge is 2.20. The van der Waals surface area contributed by atoms with Gasteiger partial charge in [0, 0.05) is 37.3 Å². The van der Waals surface area contributed by atoms with E-state index in [1.165, 1.54) is 19.3 Å². The summed E-state index contributed by atoms with van der Waals surface area (Å²) in [5, 5.41) is 5.47. The summed E-state index contributed by atoms with van der Waals surface area (Å²) < 4.78 is 0. The molecule has 1 saturated carbocycles. The van der Waals surface area contributed by atoms with Crippen LogP contribution in [0.25, 0.3) is 10.9 Å². The maximum absolute atomic E-state index is 12.2. The number of amides is 1. The zero-order chi connectivity index (χ0) is 18.5. The zero-order valence-electron chi connectivity index (χ0n) is 15.7. The topological polar surface area (TPSA) is 60.8 Å². The Kier molecular flexibility index (Phi) is 5.63. The van der Waals surface area contributed by atoms with Crippen LogP contribution in [0.4, 0.5) is 5.82 Å². The fourth-order valence-electron chi connectivity index (χ4n) is 3.82. The SMILES string of the molecule is O=C(CN1CCN(c2ccc3ccccc3n2)CC1)NN=C1CCCCC1. The molecule has 1 aliphatic heterocycles. The first-order valence-corrected chi connectivity index (χ1v) is 9.95. The third-order valence-corrected chi connectivity index (χ3v) is 5.42. The summed E-state index contributed by atoms with van der Waals surface area (Å²) in [4.78, 5) is 21.4. The Morgan fingerprint density at radius 3 is 2.59 bits per heavy atom. The van der Waals surface area contributed by atoms with Crippen LogP contribution in [0.5, 0.6) is 0 Å². The first-order chi connectivity index (χ1) is 13.3. The maximum atomic E-state index is 12.2. The second-order valence-electron chi connectivity index (χ2n) is 7.40. The van der Waals surface area contributed by atoms with Crippen molar-refractivity contribution < 1.29 is 4.79 Å². The van der Waals surface area contributed by atoms with Crippen LogP contribution in [-0.2, 0) is 4.79 Å². The Labute approximate surface area is 160 Å². The fourth-order valence-corrected chi connectivity index (χ4v) is 3.82. The number of benzene rings is 1. The number of rotatable bonds is 4. The number of hydrogen-bond acceptors (Lipinski definition) is 5. The number of carbonyl (C=O) groups is 1. The molecule has 6 nitrogen and oxygen atoms in total. The lowest BCUT2D eigenvalue weighted by molar-refractivity contribution is -0.122. The van der Waals surface area contributed by atoms with E-state index in [4.69, 9.17) is 4.98 Å². The maximum Gasteiger partial charge on any atom is 0.254 e. The van der Waals surface area contributed by atoms with Crippen molar-refractivity contribution in [2.45, 2.75) is 32.1 Å². The molecule has 0 radical (unpaired) electrons. The molecule has 0 bridgehead atoms. The Balaban J connectivity index is 1.27. The minimum absolute atomic E-state index is 0.00893. The van der Waals surface area contributed by atoms with E-state index in [2.05, 4.69) is 38.5 Å². The number of piperazine rings is 1. The molecule has 1 N–H and O–H groups in total. The van der Waals surface area contributed by atoms with E-state index in [1.54, 1.807) is 0 Å². The molecular weight excluding hydrogens is 338 g/mol. The van der Waals surface area contributed by atoms with Crippen molar-refractivity contribution in [3.05, 3.63) is 36.4 Å². The van der Waals surface area contributed by atoms with Gasteiger partial charge in [0.15, 0.2) is 0 Å². The second kappa shape index (κ2) is 8.48.